The van der Waals surface area contributed by atoms with Gasteiger partial charge in [-0.15, -0.1) is 0 Å². The van der Waals surface area contributed by atoms with Crippen LogP contribution in [0.15, 0.2) is 30.3 Å². The van der Waals surface area contributed by atoms with Crippen LogP contribution in [0.4, 0.5) is 0 Å². The van der Waals surface area contributed by atoms with Crippen molar-refractivity contribution < 1.29 is 4.79 Å². The molecule has 0 spiro atoms. The Bertz CT molecular complexity index is 348. The van der Waals surface area contributed by atoms with Gasteiger partial charge in [0.2, 0.25) is 0 Å². The normalized spacial score (nSPS) is 12.1. The Hall–Kier alpha value is -1.19. The monoisotopic (exact) mass is 234 g/mol. The van der Waals surface area contributed by atoms with E-state index in [1.807, 2.05) is 44.0 Å². The lowest BCUT2D eigenvalue weighted by Crippen LogP contribution is -2.47. The average molecular weight is 234 g/mol. The summed E-state index contributed by atoms with van der Waals surface area (Å²) >= 11 is 0. The minimum absolute atomic E-state index is 0.412. The van der Waals surface area contributed by atoms with Gasteiger partial charge in [0, 0.05) is 6.54 Å². The van der Waals surface area contributed by atoms with E-state index in [1.165, 1.54) is 5.56 Å². The van der Waals surface area contributed by atoms with Crippen LogP contribution in [0.1, 0.15) is 19.4 Å². The van der Waals surface area contributed by atoms with Crippen LogP contribution in [-0.4, -0.2) is 42.4 Å². The maximum Gasteiger partial charge on any atom is 0.139 e. The number of likely N-dealkylation sites (N-methyl/N-ethyl adjacent to an activating group) is 1. The molecular formula is C14H22N2O. The van der Waals surface area contributed by atoms with E-state index in [0.29, 0.717) is 0 Å². The summed E-state index contributed by atoms with van der Waals surface area (Å²) in [5, 5.41) is 0. The average Bonchev–Trinajstić information content (AvgIpc) is 2.30. The van der Waals surface area contributed by atoms with Gasteiger partial charge in [0.1, 0.15) is 6.29 Å². The molecule has 3 nitrogen and oxygen atoms in total. The standard InChI is InChI=1S/C14H22N2O/c1-14(2,11-17)16(4)12-15(3)10-13-8-6-5-7-9-13/h5-9,11H,10,12H2,1-4H3. The van der Waals surface area contributed by atoms with Crippen LogP contribution in [0.25, 0.3) is 0 Å². The molecule has 0 amide bonds. The van der Waals surface area contributed by atoms with Crippen molar-refractivity contribution in [3.05, 3.63) is 35.9 Å². The summed E-state index contributed by atoms with van der Waals surface area (Å²) in [6, 6.07) is 10.3. The minimum Gasteiger partial charge on any atom is -0.301 e. The lowest BCUT2D eigenvalue weighted by molar-refractivity contribution is -0.117. The summed E-state index contributed by atoms with van der Waals surface area (Å²) in [5.41, 5.74) is 0.873. The largest absolute Gasteiger partial charge is 0.301 e. The molecule has 0 N–H and O–H groups in total. The van der Waals surface area contributed by atoms with Gasteiger partial charge in [-0.05, 0) is 33.5 Å². The molecule has 0 aliphatic rings. The number of rotatable bonds is 6. The molecule has 0 aliphatic carbocycles. The van der Waals surface area contributed by atoms with E-state index in [-0.39, 0.29) is 0 Å². The van der Waals surface area contributed by atoms with Gasteiger partial charge in [-0.2, -0.15) is 0 Å². The molecule has 0 aromatic heterocycles. The zero-order valence-corrected chi connectivity index (χ0v) is 11.2. The van der Waals surface area contributed by atoms with Crippen LogP contribution in [0, 0.1) is 0 Å². The molecule has 1 aromatic carbocycles. The third kappa shape index (κ3) is 4.29. The zero-order chi connectivity index (χ0) is 12.9. The second kappa shape index (κ2) is 5.94. The number of benzene rings is 1. The molecule has 0 atom stereocenters. The summed E-state index contributed by atoms with van der Waals surface area (Å²) in [4.78, 5) is 15.2. The second-order valence-electron chi connectivity index (χ2n) is 5.11. The molecule has 3 heteroatoms. The van der Waals surface area contributed by atoms with Gasteiger partial charge in [0.05, 0.1) is 12.2 Å². The molecule has 0 radical (unpaired) electrons. The lowest BCUT2D eigenvalue weighted by atomic mass is 10.1. The molecule has 0 unspecified atom stereocenters. The molecule has 1 aromatic rings. The fraction of sp³-hybridized carbons (Fsp3) is 0.500. The van der Waals surface area contributed by atoms with Crippen molar-refractivity contribution in [3.8, 4) is 0 Å². The lowest BCUT2D eigenvalue weighted by Gasteiger charge is -2.33. The fourth-order valence-electron chi connectivity index (χ4n) is 1.58. The van der Waals surface area contributed by atoms with Crippen molar-refractivity contribution in [2.75, 3.05) is 20.8 Å². The number of hydrogen-bond donors (Lipinski definition) is 0. The SMILES string of the molecule is CN(Cc1ccccc1)CN(C)C(C)(C)C=O. The van der Waals surface area contributed by atoms with Crippen molar-refractivity contribution in [1.29, 1.82) is 0 Å². The van der Waals surface area contributed by atoms with E-state index in [2.05, 4.69) is 24.1 Å². The summed E-state index contributed by atoms with van der Waals surface area (Å²) in [6.45, 7) is 5.51. The summed E-state index contributed by atoms with van der Waals surface area (Å²) in [6.07, 6.45) is 0.989. The van der Waals surface area contributed by atoms with Gasteiger partial charge in [-0.1, -0.05) is 30.3 Å². The Kier molecular flexibility index (Phi) is 4.85. The van der Waals surface area contributed by atoms with Gasteiger partial charge in [0.15, 0.2) is 0 Å². The van der Waals surface area contributed by atoms with Gasteiger partial charge in [0.25, 0.3) is 0 Å². The first-order valence-electron chi connectivity index (χ1n) is 5.86. The van der Waals surface area contributed by atoms with E-state index in [1.54, 1.807) is 0 Å². The minimum atomic E-state index is -0.412. The molecule has 0 fully saturated rings. The Morgan fingerprint density at radius 2 is 1.76 bits per heavy atom. The van der Waals surface area contributed by atoms with Crippen molar-refractivity contribution in [1.82, 2.24) is 9.80 Å². The molecule has 0 heterocycles. The van der Waals surface area contributed by atoms with Crippen LogP contribution in [0.2, 0.25) is 0 Å². The topological polar surface area (TPSA) is 23.6 Å². The highest BCUT2D eigenvalue weighted by atomic mass is 16.1. The number of nitrogens with zero attached hydrogens (tertiary/aromatic N) is 2. The van der Waals surface area contributed by atoms with Crippen LogP contribution < -0.4 is 0 Å². The predicted octanol–water partition coefficient (Wildman–Crippen LogP) is 1.99. The number of carbonyl (C=O) groups excluding carboxylic acids is 1. The van der Waals surface area contributed by atoms with Gasteiger partial charge < -0.3 is 4.79 Å². The highest BCUT2D eigenvalue weighted by molar-refractivity contribution is 5.62. The Morgan fingerprint density at radius 3 is 2.29 bits per heavy atom. The van der Waals surface area contributed by atoms with Crippen LogP contribution in [0.3, 0.4) is 0 Å². The predicted molar refractivity (Wildman–Crippen MR) is 70.7 cm³/mol. The molecule has 0 bridgehead atoms. The van der Waals surface area contributed by atoms with Gasteiger partial charge in [-0.3, -0.25) is 9.80 Å². The molecule has 1 rings (SSSR count). The highest BCUT2D eigenvalue weighted by Gasteiger charge is 2.23. The molecular weight excluding hydrogens is 212 g/mol. The van der Waals surface area contributed by atoms with Crippen molar-refractivity contribution >= 4 is 6.29 Å². The van der Waals surface area contributed by atoms with E-state index in [9.17, 15) is 4.79 Å². The molecule has 0 aliphatic heterocycles. The Morgan fingerprint density at radius 1 is 1.18 bits per heavy atom. The van der Waals surface area contributed by atoms with Crippen LogP contribution >= 0.6 is 0 Å². The molecule has 94 valence electrons. The first-order chi connectivity index (χ1) is 7.95. The number of carbonyl (C=O) groups is 1. The van der Waals surface area contributed by atoms with Gasteiger partial charge >= 0.3 is 0 Å². The summed E-state index contributed by atoms with van der Waals surface area (Å²) < 4.78 is 0. The molecule has 0 saturated carbocycles. The quantitative estimate of drug-likeness (QED) is 0.555. The highest BCUT2D eigenvalue weighted by Crippen LogP contribution is 2.10. The summed E-state index contributed by atoms with van der Waals surface area (Å²) in [7, 11) is 4.03. The van der Waals surface area contributed by atoms with Gasteiger partial charge in [-0.25, -0.2) is 0 Å². The smallest absolute Gasteiger partial charge is 0.139 e. The van der Waals surface area contributed by atoms with Crippen molar-refractivity contribution in [2.45, 2.75) is 25.9 Å². The molecule has 0 saturated heterocycles. The van der Waals surface area contributed by atoms with E-state index < -0.39 is 5.54 Å². The van der Waals surface area contributed by atoms with E-state index in [4.69, 9.17) is 0 Å². The van der Waals surface area contributed by atoms with Crippen LogP contribution in [-0.2, 0) is 11.3 Å². The molecule has 17 heavy (non-hydrogen) atoms. The second-order valence-corrected chi connectivity index (χ2v) is 5.11. The van der Waals surface area contributed by atoms with E-state index >= 15 is 0 Å². The van der Waals surface area contributed by atoms with E-state index in [0.717, 1.165) is 19.5 Å². The Labute approximate surface area is 104 Å². The Balaban J connectivity index is 2.50. The zero-order valence-electron chi connectivity index (χ0n) is 11.2. The van der Waals surface area contributed by atoms with Crippen molar-refractivity contribution in [2.24, 2.45) is 0 Å². The maximum atomic E-state index is 10.9. The summed E-state index contributed by atoms with van der Waals surface area (Å²) in [5.74, 6) is 0. The fourth-order valence-corrected chi connectivity index (χ4v) is 1.58. The van der Waals surface area contributed by atoms with Crippen LogP contribution in [0.5, 0.6) is 0 Å². The van der Waals surface area contributed by atoms with Crippen molar-refractivity contribution in [3.63, 3.8) is 0 Å². The third-order valence-electron chi connectivity index (χ3n) is 3.02. The first kappa shape index (κ1) is 13.9. The third-order valence-corrected chi connectivity index (χ3v) is 3.02. The first-order valence-corrected chi connectivity index (χ1v) is 5.86. The maximum absolute atomic E-state index is 10.9. The number of aldehydes is 1. The number of hydrogen-bond acceptors (Lipinski definition) is 3.